The van der Waals surface area contributed by atoms with E-state index in [0.29, 0.717) is 5.56 Å². The third kappa shape index (κ3) is 6.64. The van der Waals surface area contributed by atoms with Crippen LogP contribution in [-0.2, 0) is 21.4 Å². The number of rotatable bonds is 9. The molecular weight excluding hydrogens is 515 g/mol. The maximum Gasteiger partial charge on any atom is 0.278 e. The SMILES string of the molecule is Cc1ccc(S(=O)(=O)N(CC(=O)N/N=C\c2ccccc2[N+](=O)[O-])Cc2c(Cl)cccc2Cl)cc1. The highest BCUT2D eigenvalue weighted by Gasteiger charge is 2.28. The Morgan fingerprint density at radius 3 is 2.31 bits per heavy atom. The average molecular weight is 535 g/mol. The number of aryl methyl sites for hydroxylation is 1. The minimum Gasteiger partial charge on any atom is -0.272 e. The van der Waals surface area contributed by atoms with Gasteiger partial charge in [-0.15, -0.1) is 0 Å². The molecule has 0 spiro atoms. The molecule has 3 aromatic carbocycles. The van der Waals surface area contributed by atoms with Gasteiger partial charge in [0.05, 0.1) is 28.1 Å². The van der Waals surface area contributed by atoms with Crippen molar-refractivity contribution in [3.05, 3.63) is 104 Å². The van der Waals surface area contributed by atoms with Crippen molar-refractivity contribution >= 4 is 51.0 Å². The molecule has 9 nitrogen and oxygen atoms in total. The maximum atomic E-state index is 13.4. The fourth-order valence-electron chi connectivity index (χ4n) is 3.08. The smallest absolute Gasteiger partial charge is 0.272 e. The van der Waals surface area contributed by atoms with Crippen LogP contribution in [0, 0.1) is 17.0 Å². The standard InChI is InChI=1S/C23H20Cl2N4O5S/c1-16-9-11-18(12-10-16)35(33,34)28(14-19-20(24)6-4-7-21(19)25)15-23(30)27-26-13-17-5-2-3-8-22(17)29(31)32/h2-13H,14-15H2,1H3,(H,27,30)/b26-13-. The highest BCUT2D eigenvalue weighted by Crippen LogP contribution is 2.28. The second-order valence-electron chi connectivity index (χ2n) is 7.40. The minimum atomic E-state index is -4.13. The molecule has 1 N–H and O–H groups in total. The Labute approximate surface area is 212 Å². The van der Waals surface area contributed by atoms with E-state index in [-0.39, 0.29) is 32.7 Å². The van der Waals surface area contributed by atoms with Gasteiger partial charge in [-0.3, -0.25) is 14.9 Å². The van der Waals surface area contributed by atoms with E-state index in [2.05, 4.69) is 10.5 Å². The molecule has 12 heteroatoms. The number of nitrogens with zero attached hydrogens (tertiary/aromatic N) is 3. The normalized spacial score (nSPS) is 11.7. The highest BCUT2D eigenvalue weighted by molar-refractivity contribution is 7.89. The first-order valence-electron chi connectivity index (χ1n) is 10.1. The summed E-state index contributed by atoms with van der Waals surface area (Å²) in [6.07, 6.45) is 1.11. The van der Waals surface area contributed by atoms with Gasteiger partial charge in [0.2, 0.25) is 10.0 Å². The van der Waals surface area contributed by atoms with Gasteiger partial charge in [-0.1, -0.05) is 59.1 Å². The molecule has 3 aromatic rings. The Morgan fingerprint density at radius 2 is 1.69 bits per heavy atom. The number of nitro benzene ring substituents is 1. The van der Waals surface area contributed by atoms with Crippen LogP contribution in [0.2, 0.25) is 10.0 Å². The van der Waals surface area contributed by atoms with E-state index in [9.17, 15) is 23.3 Å². The molecule has 0 saturated heterocycles. The predicted molar refractivity (Wildman–Crippen MR) is 134 cm³/mol. The van der Waals surface area contributed by atoms with Crippen molar-refractivity contribution in [1.29, 1.82) is 0 Å². The summed E-state index contributed by atoms with van der Waals surface area (Å²) in [7, 11) is -4.13. The van der Waals surface area contributed by atoms with Gasteiger partial charge in [0, 0.05) is 28.2 Å². The number of nitrogens with one attached hydrogen (secondary N) is 1. The molecule has 0 saturated carbocycles. The summed E-state index contributed by atoms with van der Waals surface area (Å²) >= 11 is 12.5. The van der Waals surface area contributed by atoms with Crippen LogP contribution in [0.4, 0.5) is 5.69 Å². The van der Waals surface area contributed by atoms with Crippen LogP contribution in [-0.4, -0.2) is 36.3 Å². The molecule has 0 aliphatic rings. The van der Waals surface area contributed by atoms with Gasteiger partial charge in [-0.25, -0.2) is 13.8 Å². The molecule has 0 atom stereocenters. The first-order chi connectivity index (χ1) is 16.6. The number of sulfonamides is 1. The molecule has 0 aromatic heterocycles. The van der Waals surface area contributed by atoms with Crippen LogP contribution in [0.5, 0.6) is 0 Å². The quantitative estimate of drug-likeness (QED) is 0.245. The topological polar surface area (TPSA) is 122 Å². The van der Waals surface area contributed by atoms with Crippen LogP contribution in [0.3, 0.4) is 0 Å². The molecule has 35 heavy (non-hydrogen) atoms. The fraction of sp³-hybridized carbons (Fsp3) is 0.130. The van der Waals surface area contributed by atoms with Crippen LogP contribution in [0.25, 0.3) is 0 Å². The summed E-state index contributed by atoms with van der Waals surface area (Å²) in [5.74, 6) is -0.765. The van der Waals surface area contributed by atoms with Gasteiger partial charge in [0.1, 0.15) is 0 Å². The largest absolute Gasteiger partial charge is 0.278 e. The van der Waals surface area contributed by atoms with E-state index >= 15 is 0 Å². The number of hydrogen-bond acceptors (Lipinski definition) is 6. The van der Waals surface area contributed by atoms with E-state index in [0.717, 1.165) is 16.1 Å². The zero-order valence-electron chi connectivity index (χ0n) is 18.4. The molecule has 0 radical (unpaired) electrons. The van der Waals surface area contributed by atoms with Crippen molar-refractivity contribution in [3.63, 3.8) is 0 Å². The second-order valence-corrected chi connectivity index (χ2v) is 10.1. The second kappa shape index (κ2) is 11.4. The monoisotopic (exact) mass is 534 g/mol. The van der Waals surface area contributed by atoms with Gasteiger partial charge < -0.3 is 0 Å². The van der Waals surface area contributed by atoms with Crippen molar-refractivity contribution in [2.75, 3.05) is 6.54 Å². The van der Waals surface area contributed by atoms with Gasteiger partial charge >= 0.3 is 0 Å². The zero-order chi connectivity index (χ0) is 25.6. The van der Waals surface area contributed by atoms with Crippen molar-refractivity contribution in [3.8, 4) is 0 Å². The Kier molecular flexibility index (Phi) is 8.57. The van der Waals surface area contributed by atoms with Crippen molar-refractivity contribution in [1.82, 2.24) is 9.73 Å². The molecular formula is C23H20Cl2N4O5S. The van der Waals surface area contributed by atoms with Crippen LogP contribution in [0.1, 0.15) is 16.7 Å². The van der Waals surface area contributed by atoms with E-state index in [1.165, 1.54) is 30.3 Å². The Hall–Kier alpha value is -3.31. The fourth-order valence-corrected chi connectivity index (χ4v) is 4.96. The Bertz CT molecular complexity index is 1360. The minimum absolute atomic E-state index is 0.0116. The predicted octanol–water partition coefficient (Wildman–Crippen LogP) is 4.55. The number of hydrogen-bond donors (Lipinski definition) is 1. The number of halogens is 2. The van der Waals surface area contributed by atoms with Crippen LogP contribution < -0.4 is 5.43 Å². The lowest BCUT2D eigenvalue weighted by atomic mass is 10.2. The third-order valence-electron chi connectivity index (χ3n) is 4.90. The maximum absolute atomic E-state index is 13.4. The summed E-state index contributed by atoms with van der Waals surface area (Å²) in [6.45, 7) is 0.947. The Morgan fingerprint density at radius 1 is 1.06 bits per heavy atom. The number of carbonyl (C=O) groups is 1. The molecule has 182 valence electrons. The van der Waals surface area contributed by atoms with Crippen molar-refractivity contribution in [2.24, 2.45) is 5.10 Å². The molecule has 0 fully saturated rings. The average Bonchev–Trinajstić information content (AvgIpc) is 2.81. The molecule has 0 aliphatic carbocycles. The van der Waals surface area contributed by atoms with Crippen LogP contribution in [0.15, 0.2) is 76.7 Å². The van der Waals surface area contributed by atoms with E-state index in [4.69, 9.17) is 23.2 Å². The van der Waals surface area contributed by atoms with Gasteiger partial charge in [-0.05, 0) is 37.3 Å². The summed E-state index contributed by atoms with van der Waals surface area (Å²) in [6, 6.07) is 16.8. The molecule has 3 rings (SSSR count). The third-order valence-corrected chi connectivity index (χ3v) is 7.42. The van der Waals surface area contributed by atoms with E-state index < -0.39 is 27.4 Å². The lowest BCUT2D eigenvalue weighted by Gasteiger charge is -2.22. The molecule has 0 heterocycles. The summed E-state index contributed by atoms with van der Waals surface area (Å²) < 4.78 is 27.7. The number of benzene rings is 3. The first-order valence-corrected chi connectivity index (χ1v) is 12.3. The van der Waals surface area contributed by atoms with Gasteiger partial charge in [0.25, 0.3) is 11.6 Å². The zero-order valence-corrected chi connectivity index (χ0v) is 20.7. The van der Waals surface area contributed by atoms with E-state index in [1.807, 2.05) is 6.92 Å². The highest BCUT2D eigenvalue weighted by atomic mass is 35.5. The summed E-state index contributed by atoms with van der Waals surface area (Å²) in [4.78, 5) is 23.2. The lowest BCUT2D eigenvalue weighted by molar-refractivity contribution is -0.385. The summed E-state index contributed by atoms with van der Waals surface area (Å²) in [5, 5.41) is 15.4. The number of para-hydroxylation sites is 1. The first kappa shape index (κ1) is 26.3. The number of hydrazone groups is 1. The molecule has 0 aliphatic heterocycles. The Balaban J connectivity index is 1.86. The molecule has 1 amide bonds. The van der Waals surface area contributed by atoms with Gasteiger partial charge in [-0.2, -0.15) is 9.41 Å². The molecule has 0 bridgehead atoms. The number of carbonyl (C=O) groups excluding carboxylic acids is 1. The van der Waals surface area contributed by atoms with E-state index in [1.54, 1.807) is 36.4 Å². The van der Waals surface area contributed by atoms with Crippen molar-refractivity contribution in [2.45, 2.75) is 18.4 Å². The lowest BCUT2D eigenvalue weighted by Crippen LogP contribution is -2.39. The van der Waals surface area contributed by atoms with Crippen molar-refractivity contribution < 1.29 is 18.1 Å². The summed E-state index contributed by atoms with van der Waals surface area (Å²) in [5.41, 5.74) is 3.39. The van der Waals surface area contributed by atoms with Gasteiger partial charge in [0.15, 0.2) is 0 Å². The van der Waals surface area contributed by atoms with Crippen LogP contribution >= 0.6 is 23.2 Å². The number of nitro groups is 1. The molecule has 0 unspecified atom stereocenters. The number of amides is 1.